The predicted molar refractivity (Wildman–Crippen MR) is 62.8 cm³/mol. The van der Waals surface area contributed by atoms with E-state index in [-0.39, 0.29) is 0 Å². The maximum Gasteiger partial charge on any atom is 0.159 e. The van der Waals surface area contributed by atoms with E-state index in [0.717, 1.165) is 19.9 Å². The lowest BCUT2D eigenvalue weighted by atomic mass is 10.3. The average molecular weight is 212 g/mol. The second kappa shape index (κ2) is 4.39. The Morgan fingerprint density at radius 2 is 2.08 bits per heavy atom. The normalized spacial score (nSPS) is 9.38. The Morgan fingerprint density at radius 1 is 1.38 bits per heavy atom. The summed E-state index contributed by atoms with van der Waals surface area (Å²) in [6, 6.07) is 5.73. The van der Waals surface area contributed by atoms with Crippen molar-refractivity contribution in [2.75, 3.05) is 5.73 Å². The van der Waals surface area contributed by atoms with Gasteiger partial charge in [0.2, 0.25) is 0 Å². The molecular formula is C9H12N2S2. The molecule has 0 aliphatic rings. The zero-order valence-electron chi connectivity index (χ0n) is 7.63. The van der Waals surface area contributed by atoms with E-state index in [1.54, 1.807) is 11.3 Å². The van der Waals surface area contributed by atoms with E-state index in [0.29, 0.717) is 0 Å². The van der Waals surface area contributed by atoms with Crippen molar-refractivity contribution in [1.29, 1.82) is 0 Å². The van der Waals surface area contributed by atoms with E-state index in [1.807, 2.05) is 32.0 Å². The fraction of sp³-hybridized carbons (Fsp3) is 0.222. The van der Waals surface area contributed by atoms with E-state index in [9.17, 15) is 0 Å². The molecule has 0 spiro atoms. The fourth-order valence-corrected chi connectivity index (χ4v) is 2.13. The third-order valence-electron chi connectivity index (χ3n) is 1.45. The minimum Gasteiger partial charge on any atom is -0.399 e. The highest BCUT2D eigenvalue weighted by molar-refractivity contribution is 7.73. The number of nitrogens with two attached hydrogens (primary N) is 1. The summed E-state index contributed by atoms with van der Waals surface area (Å²) >= 11 is 6.52. The molecule has 1 aromatic carbocycles. The molecule has 0 fully saturated rings. The van der Waals surface area contributed by atoms with Crippen LogP contribution in [0.2, 0.25) is 0 Å². The van der Waals surface area contributed by atoms with Crippen LogP contribution < -0.4 is 5.73 Å². The molecule has 2 aromatic rings. The van der Waals surface area contributed by atoms with Crippen molar-refractivity contribution in [2.45, 2.75) is 13.8 Å². The first-order chi connectivity index (χ1) is 6.25. The Hall–Kier alpha value is -0.870. The number of nitrogen functional groups attached to an aromatic ring is 1. The van der Waals surface area contributed by atoms with Gasteiger partial charge in [-0.25, -0.2) is 0 Å². The first-order valence-electron chi connectivity index (χ1n) is 4.14. The van der Waals surface area contributed by atoms with Crippen molar-refractivity contribution < 1.29 is 0 Å². The summed E-state index contributed by atoms with van der Waals surface area (Å²) in [7, 11) is 0. The number of hydrogen-bond acceptors (Lipinski definition) is 3. The standard InChI is InChI=1S/C7H6N2S2.C2H6/c8-4-1-2-5-6(3-4)11-7(10)9-5;1-2/h1-3H,8H2,(H,9,10);1-2H3. The van der Waals surface area contributed by atoms with Gasteiger partial charge >= 0.3 is 0 Å². The number of H-pyrrole nitrogens is 1. The van der Waals surface area contributed by atoms with Gasteiger partial charge in [0.05, 0.1) is 10.2 Å². The second-order valence-corrected chi connectivity index (χ2v) is 3.99. The van der Waals surface area contributed by atoms with Gasteiger partial charge in [-0.15, -0.1) is 11.3 Å². The maximum absolute atomic E-state index is 5.59. The highest BCUT2D eigenvalue weighted by Gasteiger charge is 1.95. The highest BCUT2D eigenvalue weighted by Crippen LogP contribution is 2.21. The number of aromatic nitrogens is 1. The molecule has 0 aliphatic heterocycles. The summed E-state index contributed by atoms with van der Waals surface area (Å²) in [5.41, 5.74) is 7.44. The van der Waals surface area contributed by atoms with Crippen molar-refractivity contribution >= 4 is 39.5 Å². The number of anilines is 1. The van der Waals surface area contributed by atoms with Crippen LogP contribution in [0.5, 0.6) is 0 Å². The number of fused-ring (bicyclic) bond motifs is 1. The van der Waals surface area contributed by atoms with Crippen LogP contribution in [0.3, 0.4) is 0 Å². The number of thiazole rings is 1. The van der Waals surface area contributed by atoms with Crippen molar-refractivity contribution in [3.63, 3.8) is 0 Å². The molecular weight excluding hydrogens is 200 g/mol. The molecule has 1 heterocycles. The SMILES string of the molecule is CC.Nc1ccc2[nH]c(=S)sc2c1. The molecule has 4 heteroatoms. The van der Waals surface area contributed by atoms with Gasteiger partial charge < -0.3 is 10.7 Å². The largest absolute Gasteiger partial charge is 0.399 e. The summed E-state index contributed by atoms with van der Waals surface area (Å²) in [6.45, 7) is 4.00. The number of nitrogens with one attached hydrogen (secondary N) is 1. The van der Waals surface area contributed by atoms with E-state index in [4.69, 9.17) is 18.0 Å². The molecule has 1 aromatic heterocycles. The molecule has 13 heavy (non-hydrogen) atoms. The lowest BCUT2D eigenvalue weighted by Gasteiger charge is -1.89. The van der Waals surface area contributed by atoms with E-state index < -0.39 is 0 Å². The number of aromatic amines is 1. The molecule has 0 bridgehead atoms. The third-order valence-corrected chi connectivity index (χ3v) is 2.64. The summed E-state index contributed by atoms with van der Waals surface area (Å²) < 4.78 is 1.92. The molecule has 0 unspecified atom stereocenters. The molecule has 0 aliphatic carbocycles. The van der Waals surface area contributed by atoms with E-state index in [1.165, 1.54) is 0 Å². The van der Waals surface area contributed by atoms with Gasteiger partial charge in [-0.05, 0) is 30.4 Å². The Labute approximate surface area is 86.4 Å². The summed E-state index contributed by atoms with van der Waals surface area (Å²) in [4.78, 5) is 3.06. The van der Waals surface area contributed by atoms with Crippen LogP contribution in [0.1, 0.15) is 13.8 Å². The molecule has 70 valence electrons. The van der Waals surface area contributed by atoms with Gasteiger partial charge in [-0.1, -0.05) is 13.8 Å². The first-order valence-corrected chi connectivity index (χ1v) is 5.36. The Morgan fingerprint density at radius 3 is 2.77 bits per heavy atom. The van der Waals surface area contributed by atoms with Gasteiger partial charge in [0.15, 0.2) is 3.95 Å². The topological polar surface area (TPSA) is 41.8 Å². The molecule has 2 nitrogen and oxygen atoms in total. The van der Waals surface area contributed by atoms with Crippen LogP contribution in [0.15, 0.2) is 18.2 Å². The lowest BCUT2D eigenvalue weighted by molar-refractivity contribution is 1.47. The molecule has 0 radical (unpaired) electrons. The maximum atomic E-state index is 5.59. The number of hydrogen-bond donors (Lipinski definition) is 2. The van der Waals surface area contributed by atoms with Crippen LogP contribution in [0.25, 0.3) is 10.2 Å². The van der Waals surface area contributed by atoms with E-state index in [2.05, 4.69) is 4.98 Å². The highest BCUT2D eigenvalue weighted by atomic mass is 32.1. The van der Waals surface area contributed by atoms with E-state index >= 15 is 0 Å². The van der Waals surface area contributed by atoms with Crippen LogP contribution in [-0.4, -0.2) is 4.98 Å². The van der Waals surface area contributed by atoms with Crippen LogP contribution in [0.4, 0.5) is 5.69 Å². The molecule has 0 saturated carbocycles. The second-order valence-electron chi connectivity index (χ2n) is 2.27. The molecule has 3 N–H and O–H groups in total. The summed E-state index contributed by atoms with van der Waals surface area (Å²) in [5, 5.41) is 0. The van der Waals surface area contributed by atoms with Gasteiger partial charge in [-0.2, -0.15) is 0 Å². The van der Waals surface area contributed by atoms with Crippen molar-refractivity contribution in [3.8, 4) is 0 Å². The summed E-state index contributed by atoms with van der Waals surface area (Å²) in [5.74, 6) is 0. The average Bonchev–Trinajstić information content (AvgIpc) is 2.48. The van der Waals surface area contributed by atoms with Gasteiger partial charge in [0.25, 0.3) is 0 Å². The zero-order valence-corrected chi connectivity index (χ0v) is 9.26. The third kappa shape index (κ3) is 2.29. The van der Waals surface area contributed by atoms with Crippen LogP contribution in [-0.2, 0) is 0 Å². The van der Waals surface area contributed by atoms with Crippen molar-refractivity contribution in [1.82, 2.24) is 4.98 Å². The molecule has 0 atom stereocenters. The van der Waals surface area contributed by atoms with Crippen molar-refractivity contribution in [3.05, 3.63) is 22.2 Å². The summed E-state index contributed by atoms with van der Waals surface area (Å²) in [6.07, 6.45) is 0. The van der Waals surface area contributed by atoms with Crippen molar-refractivity contribution in [2.24, 2.45) is 0 Å². The van der Waals surface area contributed by atoms with Gasteiger partial charge in [-0.3, -0.25) is 0 Å². The number of rotatable bonds is 0. The fourth-order valence-electron chi connectivity index (χ4n) is 0.962. The monoisotopic (exact) mass is 212 g/mol. The van der Waals surface area contributed by atoms with Gasteiger partial charge in [0.1, 0.15) is 0 Å². The predicted octanol–water partition coefficient (Wildman–Crippen LogP) is 3.57. The van der Waals surface area contributed by atoms with Crippen LogP contribution in [0, 0.1) is 3.95 Å². The quantitative estimate of drug-likeness (QED) is 0.518. The smallest absolute Gasteiger partial charge is 0.159 e. The molecule has 2 rings (SSSR count). The van der Waals surface area contributed by atoms with Crippen LogP contribution >= 0.6 is 23.6 Å². The first kappa shape index (κ1) is 10.2. The Kier molecular flexibility index (Phi) is 3.45. The lowest BCUT2D eigenvalue weighted by Crippen LogP contribution is -1.81. The minimum absolute atomic E-state index is 0.780. The zero-order chi connectivity index (χ0) is 9.84. The Bertz CT molecular complexity index is 442. The van der Waals surface area contributed by atoms with Gasteiger partial charge in [0, 0.05) is 5.69 Å². The molecule has 0 amide bonds. The minimum atomic E-state index is 0.780. The Balaban J connectivity index is 0.000000396. The number of benzene rings is 1. The molecule has 0 saturated heterocycles.